The fourth-order valence-electron chi connectivity index (χ4n) is 4.16. The first-order valence-corrected chi connectivity index (χ1v) is 10.4. The number of nitrogens with zero attached hydrogens (tertiary/aromatic N) is 2. The van der Waals surface area contributed by atoms with Gasteiger partial charge in [-0.1, -0.05) is 12.1 Å². The Hall–Kier alpha value is -2.58. The predicted octanol–water partition coefficient (Wildman–Crippen LogP) is 4.21. The van der Waals surface area contributed by atoms with Gasteiger partial charge in [0.25, 0.3) is 0 Å². The molecule has 2 aromatic rings. The number of likely N-dealkylation sites (N-methyl/N-ethyl adjacent to an activating group) is 1. The molecular weight excluding hydrogens is 421 g/mol. The molecule has 1 heterocycles. The molecule has 0 fully saturated rings. The Kier molecular flexibility index (Phi) is 7.46. The standard InChI is InChI=1S/C24H29F3N2O3/c1-28(2)11-12-29-22-10-7-18(24(25,26)27)13-17(22)14-20(21(15-31-3)23(29)30)16-5-8-19(32-4)9-6-16/h5-10,13,20-21H,11-12,14-15H2,1-4H3/t20-,21+/m0/s1. The van der Waals surface area contributed by atoms with E-state index in [0.717, 1.165) is 11.6 Å². The van der Waals surface area contributed by atoms with Gasteiger partial charge in [0.1, 0.15) is 5.75 Å². The molecular formula is C24H29F3N2O3. The highest BCUT2D eigenvalue weighted by Crippen LogP contribution is 2.41. The molecule has 2 aromatic carbocycles. The molecule has 0 saturated heterocycles. The highest BCUT2D eigenvalue weighted by Gasteiger charge is 2.39. The van der Waals surface area contributed by atoms with Crippen molar-refractivity contribution in [3.8, 4) is 5.75 Å². The summed E-state index contributed by atoms with van der Waals surface area (Å²) in [5.41, 5.74) is 1.18. The smallest absolute Gasteiger partial charge is 0.416 e. The van der Waals surface area contributed by atoms with Crippen LogP contribution < -0.4 is 9.64 Å². The average molecular weight is 451 g/mol. The van der Waals surface area contributed by atoms with Crippen LogP contribution in [0.5, 0.6) is 5.75 Å². The number of carbonyl (C=O) groups excluding carboxylic acids is 1. The molecule has 1 aliphatic rings. The Morgan fingerprint density at radius 1 is 1.09 bits per heavy atom. The zero-order valence-corrected chi connectivity index (χ0v) is 18.8. The second-order valence-electron chi connectivity index (χ2n) is 8.28. The number of hydrogen-bond acceptors (Lipinski definition) is 4. The van der Waals surface area contributed by atoms with Crippen LogP contribution in [-0.2, 0) is 22.1 Å². The van der Waals surface area contributed by atoms with Crippen molar-refractivity contribution >= 4 is 11.6 Å². The van der Waals surface area contributed by atoms with Crippen molar-refractivity contribution in [3.05, 3.63) is 59.2 Å². The van der Waals surface area contributed by atoms with Crippen molar-refractivity contribution in [3.63, 3.8) is 0 Å². The van der Waals surface area contributed by atoms with E-state index in [1.165, 1.54) is 19.2 Å². The lowest BCUT2D eigenvalue weighted by molar-refractivity contribution is -0.137. The summed E-state index contributed by atoms with van der Waals surface area (Å²) in [6.45, 7) is 1.13. The van der Waals surface area contributed by atoms with E-state index >= 15 is 0 Å². The van der Waals surface area contributed by atoms with Gasteiger partial charge in [-0.25, -0.2) is 0 Å². The molecule has 0 aliphatic carbocycles. The van der Waals surface area contributed by atoms with Gasteiger partial charge in [-0.05, 0) is 62.0 Å². The zero-order valence-electron chi connectivity index (χ0n) is 18.8. The Labute approximate surface area is 186 Å². The van der Waals surface area contributed by atoms with Crippen LogP contribution in [0.25, 0.3) is 0 Å². The molecule has 8 heteroatoms. The molecule has 1 aliphatic heterocycles. The van der Waals surface area contributed by atoms with Gasteiger partial charge in [0.15, 0.2) is 0 Å². The Bertz CT molecular complexity index is 929. The molecule has 5 nitrogen and oxygen atoms in total. The van der Waals surface area contributed by atoms with Gasteiger partial charge < -0.3 is 19.3 Å². The van der Waals surface area contributed by atoms with E-state index in [1.807, 2.05) is 31.1 Å². The second-order valence-corrected chi connectivity index (χ2v) is 8.28. The minimum absolute atomic E-state index is 0.145. The summed E-state index contributed by atoms with van der Waals surface area (Å²) >= 11 is 0. The highest BCUT2D eigenvalue weighted by molar-refractivity contribution is 5.97. The van der Waals surface area contributed by atoms with E-state index in [2.05, 4.69) is 0 Å². The third-order valence-electron chi connectivity index (χ3n) is 5.87. The van der Waals surface area contributed by atoms with E-state index in [1.54, 1.807) is 24.1 Å². The van der Waals surface area contributed by atoms with E-state index in [4.69, 9.17) is 9.47 Å². The molecule has 0 spiro atoms. The van der Waals surface area contributed by atoms with Crippen LogP contribution in [0.1, 0.15) is 22.6 Å². The number of hydrogen-bond donors (Lipinski definition) is 0. The molecule has 0 N–H and O–H groups in total. The number of amides is 1. The molecule has 32 heavy (non-hydrogen) atoms. The Morgan fingerprint density at radius 2 is 1.78 bits per heavy atom. The summed E-state index contributed by atoms with van der Waals surface area (Å²) in [6.07, 6.45) is -4.16. The maximum Gasteiger partial charge on any atom is 0.416 e. The summed E-state index contributed by atoms with van der Waals surface area (Å²) < 4.78 is 51.0. The fraction of sp³-hybridized carbons (Fsp3) is 0.458. The van der Waals surface area contributed by atoms with E-state index < -0.39 is 17.7 Å². The number of benzene rings is 2. The topological polar surface area (TPSA) is 42.0 Å². The third kappa shape index (κ3) is 5.24. The van der Waals surface area contributed by atoms with E-state index in [-0.39, 0.29) is 18.4 Å². The second kappa shape index (κ2) is 9.92. The number of methoxy groups -OCH3 is 2. The molecule has 1 amide bonds. The molecule has 3 rings (SSSR count). The van der Waals surface area contributed by atoms with Crippen LogP contribution in [0.15, 0.2) is 42.5 Å². The van der Waals surface area contributed by atoms with E-state index in [9.17, 15) is 18.0 Å². The monoisotopic (exact) mass is 450 g/mol. The number of carbonyl (C=O) groups is 1. The van der Waals surface area contributed by atoms with E-state index in [0.29, 0.717) is 36.5 Å². The quantitative estimate of drug-likeness (QED) is 0.634. The van der Waals surface area contributed by atoms with Gasteiger partial charge in [0.05, 0.1) is 25.2 Å². The van der Waals surface area contributed by atoms with Crippen molar-refractivity contribution in [1.82, 2.24) is 4.90 Å². The summed E-state index contributed by atoms with van der Waals surface area (Å²) in [6, 6.07) is 11.0. The lowest BCUT2D eigenvalue weighted by atomic mass is 9.82. The van der Waals surface area contributed by atoms with Crippen LogP contribution >= 0.6 is 0 Å². The van der Waals surface area contributed by atoms with Gasteiger partial charge in [-0.2, -0.15) is 13.2 Å². The first kappa shape index (κ1) is 24.1. The minimum atomic E-state index is -4.46. The fourth-order valence-corrected chi connectivity index (χ4v) is 4.16. The van der Waals surface area contributed by atoms with Crippen molar-refractivity contribution < 1.29 is 27.4 Å². The summed E-state index contributed by atoms with van der Waals surface area (Å²) in [4.78, 5) is 17.2. The SMILES string of the molecule is COC[C@H]1C(=O)N(CCN(C)C)c2ccc(C(F)(F)F)cc2C[C@H]1c1ccc(OC)cc1. The Morgan fingerprint density at radius 3 is 2.34 bits per heavy atom. The maximum atomic E-state index is 13.7. The average Bonchev–Trinajstić information content (AvgIpc) is 2.86. The number of anilines is 1. The number of alkyl halides is 3. The summed E-state index contributed by atoms with van der Waals surface area (Å²) in [5, 5.41) is 0. The summed E-state index contributed by atoms with van der Waals surface area (Å²) in [5.74, 6) is -0.338. The molecule has 0 aromatic heterocycles. The number of ether oxygens (including phenoxy) is 2. The van der Waals surface area contributed by atoms with Crippen molar-refractivity contribution in [2.45, 2.75) is 18.5 Å². The van der Waals surface area contributed by atoms with Crippen LogP contribution in [-0.4, -0.2) is 58.8 Å². The highest BCUT2D eigenvalue weighted by atomic mass is 19.4. The van der Waals surface area contributed by atoms with Crippen molar-refractivity contribution in [2.75, 3.05) is 52.9 Å². The molecule has 0 radical (unpaired) electrons. The van der Waals surface area contributed by atoms with Crippen LogP contribution in [0.2, 0.25) is 0 Å². The van der Waals surface area contributed by atoms with Gasteiger partial charge in [-0.3, -0.25) is 4.79 Å². The van der Waals surface area contributed by atoms with Gasteiger partial charge in [-0.15, -0.1) is 0 Å². The molecule has 0 bridgehead atoms. The lowest BCUT2D eigenvalue weighted by Crippen LogP contribution is -2.42. The normalized spacial score (nSPS) is 19.1. The van der Waals surface area contributed by atoms with Crippen LogP contribution in [0.4, 0.5) is 18.9 Å². The minimum Gasteiger partial charge on any atom is -0.497 e. The third-order valence-corrected chi connectivity index (χ3v) is 5.87. The first-order valence-electron chi connectivity index (χ1n) is 10.4. The lowest BCUT2D eigenvalue weighted by Gasteiger charge is -2.29. The zero-order chi connectivity index (χ0) is 23.5. The first-order chi connectivity index (χ1) is 15.2. The largest absolute Gasteiger partial charge is 0.497 e. The number of rotatable bonds is 7. The number of fused-ring (bicyclic) bond motifs is 1. The van der Waals surface area contributed by atoms with Gasteiger partial charge in [0.2, 0.25) is 5.91 Å². The summed E-state index contributed by atoms with van der Waals surface area (Å²) in [7, 11) is 6.88. The van der Waals surface area contributed by atoms with Crippen molar-refractivity contribution in [1.29, 1.82) is 0 Å². The molecule has 0 unspecified atom stereocenters. The molecule has 0 saturated carbocycles. The Balaban J connectivity index is 2.12. The van der Waals surface area contributed by atoms with Crippen LogP contribution in [0, 0.1) is 5.92 Å². The van der Waals surface area contributed by atoms with Crippen LogP contribution in [0.3, 0.4) is 0 Å². The molecule has 2 atom stereocenters. The number of halogens is 3. The maximum absolute atomic E-state index is 13.7. The predicted molar refractivity (Wildman–Crippen MR) is 117 cm³/mol. The molecule has 174 valence electrons. The van der Waals surface area contributed by atoms with Gasteiger partial charge in [0, 0.05) is 31.8 Å². The van der Waals surface area contributed by atoms with Gasteiger partial charge >= 0.3 is 6.18 Å². The van der Waals surface area contributed by atoms with Crippen molar-refractivity contribution in [2.24, 2.45) is 5.92 Å².